The van der Waals surface area contributed by atoms with E-state index in [1.165, 1.54) is 43.3 Å². The van der Waals surface area contributed by atoms with Gasteiger partial charge in [-0.1, -0.05) is 23.7 Å². The van der Waals surface area contributed by atoms with Crippen molar-refractivity contribution in [1.82, 2.24) is 4.72 Å². The van der Waals surface area contributed by atoms with Crippen molar-refractivity contribution in [1.29, 1.82) is 0 Å². The highest BCUT2D eigenvalue weighted by Crippen LogP contribution is 2.21. The highest BCUT2D eigenvalue weighted by molar-refractivity contribution is 7.90. The van der Waals surface area contributed by atoms with Gasteiger partial charge in [0, 0.05) is 5.56 Å². The first-order valence-electron chi connectivity index (χ1n) is 5.73. The minimum atomic E-state index is -3.99. The molecular weight excluding hydrogens is 334 g/mol. The first-order valence-corrected chi connectivity index (χ1v) is 8.41. The number of rotatable bonds is 4. The molecule has 1 heterocycles. The molecule has 0 radical (unpaired) electrons. The number of hydrogen-bond donors (Lipinski definition) is 1. The zero-order valence-corrected chi connectivity index (χ0v) is 13.2. The summed E-state index contributed by atoms with van der Waals surface area (Å²) >= 11 is 6.68. The van der Waals surface area contributed by atoms with Gasteiger partial charge >= 0.3 is 0 Å². The second kappa shape index (κ2) is 5.97. The number of ketones is 1. The smallest absolute Gasteiger partial charge is 0.275 e. The molecule has 1 aromatic heterocycles. The third kappa shape index (κ3) is 3.69. The summed E-state index contributed by atoms with van der Waals surface area (Å²) < 4.78 is 26.5. The molecule has 1 N–H and O–H groups in total. The molecule has 2 rings (SSSR count). The van der Waals surface area contributed by atoms with Crippen LogP contribution < -0.4 is 4.72 Å². The topological polar surface area (TPSA) is 80.3 Å². The Balaban J connectivity index is 2.22. The highest BCUT2D eigenvalue weighted by atomic mass is 35.5. The molecule has 0 atom stereocenters. The Labute approximate surface area is 130 Å². The van der Waals surface area contributed by atoms with Crippen LogP contribution in [0.1, 0.15) is 27.0 Å². The molecule has 21 heavy (non-hydrogen) atoms. The van der Waals surface area contributed by atoms with Crippen molar-refractivity contribution in [3.05, 3.63) is 51.2 Å². The number of Topliss-reactive ketones (excluding diaryl/α,β-unsaturated/α-hetero) is 1. The standard InChI is InChI=1S/C13H10ClNO4S2/c1-8(16)9-2-4-10(5-3-9)21(18,19)15-13(17)11-6-7-12(14)20-11/h2-7H,1H3,(H,15,17). The average molecular weight is 344 g/mol. The first-order chi connectivity index (χ1) is 9.79. The van der Waals surface area contributed by atoms with Crippen LogP contribution in [0.5, 0.6) is 0 Å². The number of hydrogen-bond acceptors (Lipinski definition) is 5. The number of halogens is 1. The predicted octanol–water partition coefficient (Wildman–Crippen LogP) is 2.72. The van der Waals surface area contributed by atoms with Gasteiger partial charge in [-0.15, -0.1) is 11.3 Å². The van der Waals surface area contributed by atoms with Crippen LogP contribution in [-0.4, -0.2) is 20.1 Å². The number of thiophene rings is 1. The molecule has 0 bridgehead atoms. The average Bonchev–Trinajstić information content (AvgIpc) is 2.85. The Morgan fingerprint density at radius 3 is 2.19 bits per heavy atom. The van der Waals surface area contributed by atoms with E-state index in [0.717, 1.165) is 11.3 Å². The van der Waals surface area contributed by atoms with E-state index in [9.17, 15) is 18.0 Å². The van der Waals surface area contributed by atoms with Gasteiger partial charge in [-0.2, -0.15) is 0 Å². The van der Waals surface area contributed by atoms with E-state index in [4.69, 9.17) is 11.6 Å². The van der Waals surface area contributed by atoms with Crippen LogP contribution in [0, 0.1) is 0 Å². The number of carbonyl (C=O) groups excluding carboxylic acids is 2. The van der Waals surface area contributed by atoms with Gasteiger partial charge in [0.1, 0.15) is 0 Å². The fourth-order valence-corrected chi connectivity index (χ4v) is 3.51. The summed E-state index contributed by atoms with van der Waals surface area (Å²) in [4.78, 5) is 23.1. The highest BCUT2D eigenvalue weighted by Gasteiger charge is 2.20. The lowest BCUT2D eigenvalue weighted by atomic mass is 10.2. The van der Waals surface area contributed by atoms with Crippen molar-refractivity contribution in [2.75, 3.05) is 0 Å². The summed E-state index contributed by atoms with van der Waals surface area (Å²) in [6, 6.07) is 8.28. The Bertz CT molecular complexity index is 794. The van der Waals surface area contributed by atoms with Gasteiger partial charge in [0.2, 0.25) is 0 Å². The molecule has 5 nitrogen and oxygen atoms in total. The minimum absolute atomic E-state index is 0.0940. The molecule has 0 saturated heterocycles. The summed E-state index contributed by atoms with van der Waals surface area (Å²) in [5.74, 6) is -0.918. The third-order valence-electron chi connectivity index (χ3n) is 2.60. The van der Waals surface area contributed by atoms with E-state index in [1.54, 1.807) is 0 Å². The van der Waals surface area contributed by atoms with Crippen molar-refractivity contribution in [2.45, 2.75) is 11.8 Å². The molecule has 0 aliphatic heterocycles. The molecular formula is C13H10ClNO4S2. The number of amides is 1. The van der Waals surface area contributed by atoms with Gasteiger partial charge in [-0.25, -0.2) is 13.1 Å². The lowest BCUT2D eigenvalue weighted by molar-refractivity contribution is 0.0982. The van der Waals surface area contributed by atoms with Crippen molar-refractivity contribution < 1.29 is 18.0 Å². The summed E-state index contributed by atoms with van der Waals surface area (Å²) in [5.41, 5.74) is 0.394. The largest absolute Gasteiger partial charge is 0.295 e. The molecule has 1 aromatic carbocycles. The SMILES string of the molecule is CC(=O)c1ccc(S(=O)(=O)NC(=O)c2ccc(Cl)s2)cc1. The van der Waals surface area contributed by atoms with Crippen molar-refractivity contribution in [3.63, 3.8) is 0 Å². The molecule has 0 aliphatic carbocycles. The molecule has 110 valence electrons. The monoisotopic (exact) mass is 343 g/mol. The third-order valence-corrected chi connectivity index (χ3v) is 5.17. The van der Waals surface area contributed by atoms with E-state index >= 15 is 0 Å². The van der Waals surface area contributed by atoms with Gasteiger partial charge in [0.15, 0.2) is 5.78 Å². The molecule has 0 fully saturated rings. The second-order valence-corrected chi connectivity index (χ2v) is 7.52. The van der Waals surface area contributed by atoms with Gasteiger partial charge in [-0.3, -0.25) is 9.59 Å². The van der Waals surface area contributed by atoms with Crippen LogP contribution in [-0.2, 0) is 10.0 Å². The lowest BCUT2D eigenvalue weighted by Crippen LogP contribution is -2.30. The van der Waals surface area contributed by atoms with Crippen LogP contribution in [0.4, 0.5) is 0 Å². The van der Waals surface area contributed by atoms with Crippen LogP contribution in [0.3, 0.4) is 0 Å². The number of nitrogens with one attached hydrogen (secondary N) is 1. The Morgan fingerprint density at radius 2 is 1.71 bits per heavy atom. The normalized spacial score (nSPS) is 11.1. The van der Waals surface area contributed by atoms with E-state index in [2.05, 4.69) is 0 Å². The molecule has 8 heteroatoms. The van der Waals surface area contributed by atoms with Gasteiger partial charge in [-0.05, 0) is 31.2 Å². The summed E-state index contributed by atoms with van der Waals surface area (Å²) in [7, 11) is -3.99. The summed E-state index contributed by atoms with van der Waals surface area (Å²) in [6.07, 6.45) is 0. The fraction of sp³-hybridized carbons (Fsp3) is 0.0769. The first kappa shape index (κ1) is 15.7. The second-order valence-electron chi connectivity index (χ2n) is 4.12. The van der Waals surface area contributed by atoms with Crippen LogP contribution >= 0.6 is 22.9 Å². The number of benzene rings is 1. The van der Waals surface area contributed by atoms with Crippen LogP contribution in [0.15, 0.2) is 41.3 Å². The molecule has 0 saturated carbocycles. The molecule has 1 amide bonds. The van der Waals surface area contributed by atoms with Gasteiger partial charge in [0.05, 0.1) is 14.1 Å². The number of carbonyl (C=O) groups is 2. The van der Waals surface area contributed by atoms with Crippen LogP contribution in [0.25, 0.3) is 0 Å². The summed E-state index contributed by atoms with van der Waals surface area (Å²) in [6.45, 7) is 1.38. The fourth-order valence-electron chi connectivity index (χ4n) is 1.54. The molecule has 0 unspecified atom stereocenters. The Morgan fingerprint density at radius 1 is 1.10 bits per heavy atom. The zero-order valence-electron chi connectivity index (χ0n) is 10.8. The number of sulfonamides is 1. The van der Waals surface area contributed by atoms with Crippen molar-refractivity contribution >= 4 is 44.7 Å². The Hall–Kier alpha value is -1.70. The van der Waals surface area contributed by atoms with Crippen molar-refractivity contribution in [2.24, 2.45) is 0 Å². The molecule has 2 aromatic rings. The van der Waals surface area contributed by atoms with Crippen LogP contribution in [0.2, 0.25) is 4.34 Å². The maximum Gasteiger partial charge on any atom is 0.275 e. The van der Waals surface area contributed by atoms with Crippen molar-refractivity contribution in [3.8, 4) is 0 Å². The zero-order chi connectivity index (χ0) is 15.6. The van der Waals surface area contributed by atoms with E-state index in [1.807, 2.05) is 4.72 Å². The van der Waals surface area contributed by atoms with E-state index in [0.29, 0.717) is 9.90 Å². The maximum atomic E-state index is 12.1. The van der Waals surface area contributed by atoms with E-state index < -0.39 is 15.9 Å². The lowest BCUT2D eigenvalue weighted by Gasteiger charge is -2.06. The van der Waals surface area contributed by atoms with E-state index in [-0.39, 0.29) is 15.6 Å². The predicted molar refractivity (Wildman–Crippen MR) is 80.4 cm³/mol. The quantitative estimate of drug-likeness (QED) is 0.865. The molecule has 0 aliphatic rings. The minimum Gasteiger partial charge on any atom is -0.295 e. The maximum absolute atomic E-state index is 12.1. The Kier molecular flexibility index (Phi) is 4.46. The van der Waals surface area contributed by atoms with Gasteiger partial charge in [0.25, 0.3) is 15.9 Å². The van der Waals surface area contributed by atoms with Gasteiger partial charge < -0.3 is 0 Å². The molecule has 0 spiro atoms. The summed E-state index contributed by atoms with van der Waals surface area (Å²) in [5, 5.41) is 0.